The van der Waals surface area contributed by atoms with Crippen LogP contribution in [0, 0.1) is 0 Å². The number of nitrogens with one attached hydrogen (secondary N) is 1. The van der Waals surface area contributed by atoms with Crippen molar-refractivity contribution in [2.75, 3.05) is 18.4 Å². The van der Waals surface area contributed by atoms with Gasteiger partial charge in [-0.05, 0) is 63.4 Å². The molecule has 1 saturated heterocycles. The van der Waals surface area contributed by atoms with Gasteiger partial charge in [0.2, 0.25) is 12.4 Å². The topological polar surface area (TPSA) is 83.3 Å². The van der Waals surface area contributed by atoms with Gasteiger partial charge < -0.3 is 19.9 Å². The van der Waals surface area contributed by atoms with Gasteiger partial charge in [0.05, 0.1) is 6.10 Å². The van der Waals surface area contributed by atoms with E-state index in [0.29, 0.717) is 23.9 Å². The predicted molar refractivity (Wildman–Crippen MR) is 119 cm³/mol. The minimum Gasteiger partial charge on any atom is -0.393 e. The largest absolute Gasteiger partial charge is 0.393 e. The zero-order valence-corrected chi connectivity index (χ0v) is 18.3. The van der Waals surface area contributed by atoms with Gasteiger partial charge in [-0.1, -0.05) is 13.3 Å². The summed E-state index contributed by atoms with van der Waals surface area (Å²) in [6, 6.07) is 0.711. The monoisotopic (exact) mass is 413 g/mol. The number of carbonyl (C=O) groups excluding carboxylic acids is 1. The number of aliphatic hydroxyl groups is 1. The minimum absolute atomic E-state index is 0.169. The lowest BCUT2D eigenvalue weighted by atomic mass is 9.90. The summed E-state index contributed by atoms with van der Waals surface area (Å²) in [4.78, 5) is 22.6. The van der Waals surface area contributed by atoms with Crippen molar-refractivity contribution in [1.82, 2.24) is 19.4 Å². The number of aromatic nitrogens is 3. The van der Waals surface area contributed by atoms with Crippen LogP contribution in [0.5, 0.6) is 0 Å². The SMILES string of the molecule is CCC[C@H](C)Nc1ncc2c(C3CCN(C=O)CC3)cn(C3CCC(O)CC3)c2n1. The quantitative estimate of drug-likeness (QED) is 0.674. The fourth-order valence-electron chi connectivity index (χ4n) is 5.10. The molecular formula is C23H35N5O2. The van der Waals surface area contributed by atoms with Crippen LogP contribution in [-0.4, -0.2) is 56.2 Å². The maximum absolute atomic E-state index is 11.1. The van der Waals surface area contributed by atoms with Crippen molar-refractivity contribution in [3.8, 4) is 0 Å². The highest BCUT2D eigenvalue weighted by molar-refractivity contribution is 5.81. The van der Waals surface area contributed by atoms with Gasteiger partial charge in [-0.2, -0.15) is 4.98 Å². The second kappa shape index (κ2) is 9.33. The summed E-state index contributed by atoms with van der Waals surface area (Å²) >= 11 is 0. The molecule has 2 aromatic rings. The lowest BCUT2D eigenvalue weighted by Gasteiger charge is -2.29. The van der Waals surface area contributed by atoms with Crippen LogP contribution in [0.1, 0.15) is 82.7 Å². The molecule has 0 spiro atoms. The summed E-state index contributed by atoms with van der Waals surface area (Å²) in [6.07, 6.45) is 12.9. The molecule has 1 atom stereocenters. The van der Waals surface area contributed by atoms with E-state index in [1.54, 1.807) is 0 Å². The molecule has 0 aromatic carbocycles. The molecule has 30 heavy (non-hydrogen) atoms. The average molecular weight is 414 g/mol. The average Bonchev–Trinajstić information content (AvgIpc) is 3.13. The van der Waals surface area contributed by atoms with Crippen LogP contribution in [0.4, 0.5) is 5.95 Å². The number of piperidine rings is 1. The molecule has 1 aliphatic carbocycles. The molecule has 7 heteroatoms. The molecule has 4 rings (SSSR count). The smallest absolute Gasteiger partial charge is 0.224 e. The summed E-state index contributed by atoms with van der Waals surface area (Å²) in [5, 5.41) is 14.6. The van der Waals surface area contributed by atoms with E-state index in [1.165, 1.54) is 5.56 Å². The maximum Gasteiger partial charge on any atom is 0.224 e. The zero-order valence-electron chi connectivity index (χ0n) is 18.3. The number of fused-ring (bicyclic) bond motifs is 1. The Labute approximate surface area is 178 Å². The summed E-state index contributed by atoms with van der Waals surface area (Å²) < 4.78 is 2.35. The number of likely N-dealkylation sites (tertiary alicyclic amines) is 1. The van der Waals surface area contributed by atoms with E-state index >= 15 is 0 Å². The number of nitrogens with zero attached hydrogens (tertiary/aromatic N) is 4. The Morgan fingerprint density at radius 2 is 1.97 bits per heavy atom. The van der Waals surface area contributed by atoms with Gasteiger partial charge in [-0.25, -0.2) is 4.98 Å². The molecule has 2 aromatic heterocycles. The number of aliphatic hydroxyl groups excluding tert-OH is 1. The van der Waals surface area contributed by atoms with Crippen molar-refractivity contribution in [3.63, 3.8) is 0 Å². The third kappa shape index (κ3) is 4.46. The van der Waals surface area contributed by atoms with Crippen molar-refractivity contribution in [2.45, 2.75) is 89.3 Å². The van der Waals surface area contributed by atoms with E-state index in [2.05, 4.69) is 34.9 Å². The fraction of sp³-hybridized carbons (Fsp3) is 0.696. The summed E-state index contributed by atoms with van der Waals surface area (Å²) in [5.41, 5.74) is 2.32. The highest BCUT2D eigenvalue weighted by Gasteiger charge is 2.28. The first-order valence-electron chi connectivity index (χ1n) is 11.6. The van der Waals surface area contributed by atoms with Gasteiger partial charge in [-0.3, -0.25) is 4.79 Å². The molecule has 2 aliphatic rings. The van der Waals surface area contributed by atoms with Crippen molar-refractivity contribution in [2.24, 2.45) is 0 Å². The number of hydrogen-bond acceptors (Lipinski definition) is 5. The normalized spacial score (nSPS) is 24.2. The Hall–Kier alpha value is -2.15. The first-order chi connectivity index (χ1) is 14.6. The van der Waals surface area contributed by atoms with Crippen molar-refractivity contribution < 1.29 is 9.90 Å². The molecule has 1 amide bonds. The van der Waals surface area contributed by atoms with Gasteiger partial charge in [0, 0.05) is 43.0 Å². The number of amides is 1. The van der Waals surface area contributed by atoms with Crippen molar-refractivity contribution in [1.29, 1.82) is 0 Å². The molecule has 164 valence electrons. The second-order valence-electron chi connectivity index (χ2n) is 9.13. The highest BCUT2D eigenvalue weighted by Crippen LogP contribution is 2.38. The third-order valence-electron chi connectivity index (χ3n) is 6.88. The summed E-state index contributed by atoms with van der Waals surface area (Å²) in [6.45, 7) is 5.98. The molecule has 7 nitrogen and oxygen atoms in total. The Morgan fingerprint density at radius 1 is 1.23 bits per heavy atom. The highest BCUT2D eigenvalue weighted by atomic mass is 16.3. The minimum atomic E-state index is -0.169. The molecule has 0 unspecified atom stereocenters. The molecule has 2 N–H and O–H groups in total. The van der Waals surface area contributed by atoms with Gasteiger partial charge in [0.25, 0.3) is 0 Å². The van der Waals surface area contributed by atoms with E-state index < -0.39 is 0 Å². The summed E-state index contributed by atoms with van der Waals surface area (Å²) in [7, 11) is 0. The standard InChI is InChI=1S/C23H35N5O2/c1-3-4-16(2)25-23-24-13-20-21(17-9-11-27(15-29)12-10-17)14-28(22(20)26-23)18-5-7-19(30)8-6-18/h13-19,30H,3-12H2,1-2H3,(H,24,25,26)/t16-,18?,19?/m0/s1. The summed E-state index contributed by atoms with van der Waals surface area (Å²) in [5.74, 6) is 1.13. The molecule has 1 aliphatic heterocycles. The second-order valence-corrected chi connectivity index (χ2v) is 9.13. The first-order valence-corrected chi connectivity index (χ1v) is 11.6. The van der Waals surface area contributed by atoms with Crippen LogP contribution in [0.15, 0.2) is 12.4 Å². The van der Waals surface area contributed by atoms with E-state index in [9.17, 15) is 9.90 Å². The zero-order chi connectivity index (χ0) is 21.1. The molecule has 3 heterocycles. The van der Waals surface area contributed by atoms with Gasteiger partial charge in [0.1, 0.15) is 5.65 Å². The predicted octanol–water partition coefficient (Wildman–Crippen LogP) is 3.84. The number of anilines is 1. The van der Waals surface area contributed by atoms with E-state index in [4.69, 9.17) is 4.98 Å². The molecular weight excluding hydrogens is 378 g/mol. The van der Waals surface area contributed by atoms with Crippen LogP contribution in [0.25, 0.3) is 11.0 Å². The van der Waals surface area contributed by atoms with Crippen molar-refractivity contribution in [3.05, 3.63) is 18.0 Å². The van der Waals surface area contributed by atoms with Crippen LogP contribution in [-0.2, 0) is 4.79 Å². The first kappa shape index (κ1) is 21.1. The molecule has 0 radical (unpaired) electrons. The fourth-order valence-corrected chi connectivity index (χ4v) is 5.10. The maximum atomic E-state index is 11.1. The van der Waals surface area contributed by atoms with E-state index in [-0.39, 0.29) is 6.10 Å². The van der Waals surface area contributed by atoms with Crippen LogP contribution < -0.4 is 5.32 Å². The lowest BCUT2D eigenvalue weighted by Crippen LogP contribution is -2.31. The van der Waals surface area contributed by atoms with Gasteiger partial charge >= 0.3 is 0 Å². The van der Waals surface area contributed by atoms with Crippen molar-refractivity contribution >= 4 is 23.4 Å². The lowest BCUT2D eigenvalue weighted by molar-refractivity contribution is -0.119. The third-order valence-corrected chi connectivity index (χ3v) is 6.88. The Balaban J connectivity index is 1.67. The van der Waals surface area contributed by atoms with E-state index in [1.807, 2.05) is 11.1 Å². The Kier molecular flexibility index (Phi) is 6.56. The van der Waals surface area contributed by atoms with Crippen LogP contribution in [0.2, 0.25) is 0 Å². The molecule has 2 fully saturated rings. The Morgan fingerprint density at radius 3 is 2.63 bits per heavy atom. The molecule has 1 saturated carbocycles. The Bertz CT molecular complexity index is 851. The van der Waals surface area contributed by atoms with Gasteiger partial charge in [0.15, 0.2) is 0 Å². The van der Waals surface area contributed by atoms with E-state index in [0.717, 1.165) is 81.9 Å². The van der Waals surface area contributed by atoms with Crippen LogP contribution >= 0.6 is 0 Å². The molecule has 0 bridgehead atoms. The number of rotatable bonds is 7. The van der Waals surface area contributed by atoms with Crippen LogP contribution in [0.3, 0.4) is 0 Å². The number of hydrogen-bond donors (Lipinski definition) is 2. The van der Waals surface area contributed by atoms with Gasteiger partial charge in [-0.15, -0.1) is 0 Å². The number of carbonyl (C=O) groups is 1.